The third-order valence-electron chi connectivity index (χ3n) is 5.30. The number of benzene rings is 1. The second-order valence-corrected chi connectivity index (χ2v) is 7.81. The number of nitrogens with one attached hydrogen (secondary N) is 2. The highest BCUT2D eigenvalue weighted by molar-refractivity contribution is 9.10. The minimum atomic E-state index is 0.495. The van der Waals surface area contributed by atoms with E-state index in [1.165, 1.54) is 44.2 Å². The highest BCUT2D eigenvalue weighted by Gasteiger charge is 2.30. The maximum atomic E-state index is 5.28. The van der Waals surface area contributed by atoms with Crippen LogP contribution in [0.25, 0.3) is 0 Å². The van der Waals surface area contributed by atoms with Gasteiger partial charge in [-0.05, 0) is 52.9 Å². The Hall–Kier alpha value is -1.27. The van der Waals surface area contributed by atoms with Crippen LogP contribution in [-0.4, -0.2) is 50.2 Å². The van der Waals surface area contributed by atoms with E-state index in [-0.39, 0.29) is 0 Å². The molecule has 2 aliphatic rings. The standard InChI is InChI=1S/C19H29BrN4O/c1-21-19(22-12-14-7-8-18(25-2)17(20)11-14)23-15-9-10-24(13-15)16-5-3-4-6-16/h7-8,11,15-16H,3-6,9-10,12-13H2,1-2H3,(H2,21,22,23). The number of nitrogens with zero attached hydrogens (tertiary/aromatic N) is 2. The van der Waals surface area contributed by atoms with Crippen LogP contribution in [-0.2, 0) is 6.54 Å². The molecule has 1 saturated carbocycles. The molecule has 1 unspecified atom stereocenters. The number of guanidine groups is 1. The van der Waals surface area contributed by atoms with Gasteiger partial charge < -0.3 is 15.4 Å². The second-order valence-electron chi connectivity index (χ2n) is 6.96. The number of hydrogen-bond acceptors (Lipinski definition) is 3. The first-order chi connectivity index (χ1) is 12.2. The van der Waals surface area contributed by atoms with E-state index >= 15 is 0 Å². The fraction of sp³-hybridized carbons (Fsp3) is 0.632. The molecule has 5 nitrogen and oxygen atoms in total. The van der Waals surface area contributed by atoms with Crippen molar-refractivity contribution in [2.45, 2.75) is 50.7 Å². The van der Waals surface area contributed by atoms with Gasteiger partial charge in [0.1, 0.15) is 5.75 Å². The fourth-order valence-electron chi connectivity index (χ4n) is 3.90. The summed E-state index contributed by atoms with van der Waals surface area (Å²) in [6, 6.07) is 7.44. The third-order valence-corrected chi connectivity index (χ3v) is 5.92. The summed E-state index contributed by atoms with van der Waals surface area (Å²) in [6.07, 6.45) is 6.77. The van der Waals surface area contributed by atoms with E-state index in [9.17, 15) is 0 Å². The van der Waals surface area contributed by atoms with E-state index in [1.54, 1.807) is 7.11 Å². The first kappa shape index (κ1) is 18.5. The van der Waals surface area contributed by atoms with Crippen LogP contribution in [0, 0.1) is 0 Å². The Balaban J connectivity index is 1.47. The van der Waals surface area contributed by atoms with Crippen LogP contribution in [0.4, 0.5) is 0 Å². The Labute approximate surface area is 159 Å². The molecule has 0 spiro atoms. The van der Waals surface area contributed by atoms with E-state index < -0.39 is 0 Å². The van der Waals surface area contributed by atoms with Crippen molar-refractivity contribution in [3.8, 4) is 5.75 Å². The fourth-order valence-corrected chi connectivity index (χ4v) is 4.49. The van der Waals surface area contributed by atoms with Crippen LogP contribution < -0.4 is 15.4 Å². The van der Waals surface area contributed by atoms with Gasteiger partial charge in [-0.25, -0.2) is 0 Å². The molecule has 1 saturated heterocycles. The molecule has 0 amide bonds. The van der Waals surface area contributed by atoms with Crippen molar-refractivity contribution < 1.29 is 4.74 Å². The summed E-state index contributed by atoms with van der Waals surface area (Å²) in [5, 5.41) is 7.01. The molecule has 1 atom stereocenters. The van der Waals surface area contributed by atoms with Gasteiger partial charge >= 0.3 is 0 Å². The van der Waals surface area contributed by atoms with E-state index in [4.69, 9.17) is 4.74 Å². The zero-order valence-electron chi connectivity index (χ0n) is 15.2. The molecule has 1 aromatic carbocycles. The Morgan fingerprint density at radius 3 is 2.80 bits per heavy atom. The van der Waals surface area contributed by atoms with Crippen molar-refractivity contribution in [3.05, 3.63) is 28.2 Å². The van der Waals surface area contributed by atoms with E-state index in [0.717, 1.165) is 35.3 Å². The first-order valence-electron chi connectivity index (χ1n) is 9.23. The maximum absolute atomic E-state index is 5.28. The van der Waals surface area contributed by atoms with Gasteiger partial charge in [-0.2, -0.15) is 0 Å². The molecular weight excluding hydrogens is 380 g/mol. The average Bonchev–Trinajstić information content (AvgIpc) is 3.30. The summed E-state index contributed by atoms with van der Waals surface area (Å²) in [6.45, 7) is 3.09. The largest absolute Gasteiger partial charge is 0.496 e. The van der Waals surface area contributed by atoms with Gasteiger partial charge in [0, 0.05) is 38.8 Å². The number of hydrogen-bond donors (Lipinski definition) is 2. The lowest BCUT2D eigenvalue weighted by atomic mass is 10.2. The Kier molecular flexibility index (Phi) is 6.59. The van der Waals surface area contributed by atoms with Crippen LogP contribution in [0.5, 0.6) is 5.75 Å². The summed E-state index contributed by atoms with van der Waals surface area (Å²) < 4.78 is 6.25. The second kappa shape index (κ2) is 8.90. The predicted octanol–water partition coefficient (Wildman–Crippen LogP) is 3.14. The van der Waals surface area contributed by atoms with Crippen LogP contribution in [0.1, 0.15) is 37.7 Å². The average molecular weight is 409 g/mol. The monoisotopic (exact) mass is 408 g/mol. The number of ether oxygens (including phenoxy) is 1. The topological polar surface area (TPSA) is 48.9 Å². The van der Waals surface area contributed by atoms with Gasteiger partial charge in [0.25, 0.3) is 0 Å². The summed E-state index contributed by atoms with van der Waals surface area (Å²) in [5.74, 6) is 1.73. The molecule has 138 valence electrons. The maximum Gasteiger partial charge on any atom is 0.191 e. The van der Waals surface area contributed by atoms with Crippen molar-refractivity contribution in [3.63, 3.8) is 0 Å². The number of rotatable bonds is 5. The molecule has 2 fully saturated rings. The zero-order chi connectivity index (χ0) is 17.6. The molecule has 1 aromatic rings. The molecule has 25 heavy (non-hydrogen) atoms. The highest BCUT2D eigenvalue weighted by atomic mass is 79.9. The van der Waals surface area contributed by atoms with Gasteiger partial charge in [0.05, 0.1) is 11.6 Å². The summed E-state index contributed by atoms with van der Waals surface area (Å²) in [5.41, 5.74) is 1.19. The summed E-state index contributed by atoms with van der Waals surface area (Å²) in [7, 11) is 3.52. The lowest BCUT2D eigenvalue weighted by Crippen LogP contribution is -2.45. The minimum absolute atomic E-state index is 0.495. The minimum Gasteiger partial charge on any atom is -0.496 e. The molecule has 2 N–H and O–H groups in total. The summed E-state index contributed by atoms with van der Waals surface area (Å²) >= 11 is 3.54. The lowest BCUT2D eigenvalue weighted by Gasteiger charge is -2.24. The molecule has 1 aliphatic heterocycles. The Morgan fingerprint density at radius 1 is 1.32 bits per heavy atom. The van der Waals surface area contributed by atoms with Crippen molar-refractivity contribution in [2.24, 2.45) is 4.99 Å². The highest BCUT2D eigenvalue weighted by Crippen LogP contribution is 2.27. The normalized spacial score (nSPS) is 22.4. The van der Waals surface area contributed by atoms with Crippen LogP contribution in [0.3, 0.4) is 0 Å². The predicted molar refractivity (Wildman–Crippen MR) is 106 cm³/mol. The Morgan fingerprint density at radius 2 is 2.12 bits per heavy atom. The van der Waals surface area contributed by atoms with Crippen LogP contribution in [0.2, 0.25) is 0 Å². The van der Waals surface area contributed by atoms with Crippen LogP contribution in [0.15, 0.2) is 27.7 Å². The molecule has 6 heteroatoms. The van der Waals surface area contributed by atoms with Gasteiger partial charge in [0.2, 0.25) is 0 Å². The van der Waals surface area contributed by atoms with E-state index in [1.807, 2.05) is 13.1 Å². The summed E-state index contributed by atoms with van der Waals surface area (Å²) in [4.78, 5) is 7.05. The van der Waals surface area contributed by atoms with Crippen LogP contribution >= 0.6 is 15.9 Å². The number of aliphatic imine (C=N–C) groups is 1. The van der Waals surface area contributed by atoms with Gasteiger partial charge in [-0.3, -0.25) is 9.89 Å². The first-order valence-corrected chi connectivity index (χ1v) is 10.0. The molecule has 0 aromatic heterocycles. The van der Waals surface area contributed by atoms with Gasteiger partial charge in [0.15, 0.2) is 5.96 Å². The Bertz CT molecular complexity index is 601. The van der Waals surface area contributed by atoms with Crippen molar-refractivity contribution in [2.75, 3.05) is 27.2 Å². The van der Waals surface area contributed by atoms with Crippen molar-refractivity contribution in [1.82, 2.24) is 15.5 Å². The molecule has 0 radical (unpaired) electrons. The van der Waals surface area contributed by atoms with Gasteiger partial charge in [-0.1, -0.05) is 18.9 Å². The molecule has 1 heterocycles. The van der Waals surface area contributed by atoms with Crippen molar-refractivity contribution in [1.29, 1.82) is 0 Å². The number of methoxy groups -OCH3 is 1. The van der Waals surface area contributed by atoms with E-state index in [0.29, 0.717) is 6.04 Å². The number of halogens is 1. The zero-order valence-corrected chi connectivity index (χ0v) is 16.8. The van der Waals surface area contributed by atoms with Gasteiger partial charge in [-0.15, -0.1) is 0 Å². The molecular formula is C19H29BrN4O. The number of likely N-dealkylation sites (tertiary alicyclic amines) is 1. The lowest BCUT2D eigenvalue weighted by molar-refractivity contribution is 0.242. The smallest absolute Gasteiger partial charge is 0.191 e. The SMILES string of the molecule is CN=C(NCc1ccc(OC)c(Br)c1)NC1CCN(C2CCCC2)C1. The molecule has 3 rings (SSSR count). The molecule has 1 aliphatic carbocycles. The van der Waals surface area contributed by atoms with E-state index in [2.05, 4.69) is 48.6 Å². The third kappa shape index (κ3) is 4.88. The quantitative estimate of drug-likeness (QED) is 0.580. The van der Waals surface area contributed by atoms with Crippen molar-refractivity contribution >= 4 is 21.9 Å². The molecule has 0 bridgehead atoms.